The summed E-state index contributed by atoms with van der Waals surface area (Å²) in [6.07, 6.45) is 8.73. The van der Waals surface area contributed by atoms with Crippen LogP contribution >= 0.6 is 0 Å². The van der Waals surface area contributed by atoms with E-state index in [1.807, 2.05) is 24.3 Å². The van der Waals surface area contributed by atoms with Gasteiger partial charge < -0.3 is 19.7 Å². The quantitative estimate of drug-likeness (QED) is 0.813. The van der Waals surface area contributed by atoms with E-state index in [0.29, 0.717) is 18.2 Å². The molecule has 0 bridgehead atoms. The number of aromatic nitrogens is 1. The van der Waals surface area contributed by atoms with Gasteiger partial charge in [0.1, 0.15) is 6.61 Å². The molecule has 5 nitrogen and oxygen atoms in total. The van der Waals surface area contributed by atoms with Crippen molar-refractivity contribution in [2.24, 2.45) is 0 Å². The summed E-state index contributed by atoms with van der Waals surface area (Å²) < 4.78 is 11.7. The highest BCUT2D eigenvalue weighted by Gasteiger charge is 2.49. The van der Waals surface area contributed by atoms with Crippen LogP contribution in [-0.2, 0) is 13.2 Å². The maximum atomic E-state index is 6.15. The van der Waals surface area contributed by atoms with E-state index in [-0.39, 0.29) is 0 Å². The minimum Gasteiger partial charge on any atom is -0.493 e. The summed E-state index contributed by atoms with van der Waals surface area (Å²) in [4.78, 5) is 6.62. The van der Waals surface area contributed by atoms with Crippen LogP contribution in [0.4, 0.5) is 0 Å². The second-order valence-corrected chi connectivity index (χ2v) is 7.81. The Morgan fingerprint density at radius 1 is 1.22 bits per heavy atom. The van der Waals surface area contributed by atoms with Gasteiger partial charge in [0.05, 0.1) is 7.11 Å². The first-order valence-corrected chi connectivity index (χ1v) is 9.82. The van der Waals surface area contributed by atoms with Gasteiger partial charge in [-0.15, -0.1) is 0 Å². The van der Waals surface area contributed by atoms with E-state index in [1.54, 1.807) is 19.5 Å². The smallest absolute Gasteiger partial charge is 0.166 e. The highest BCUT2D eigenvalue weighted by molar-refractivity contribution is 5.46. The van der Waals surface area contributed by atoms with Crippen molar-refractivity contribution in [1.82, 2.24) is 15.2 Å². The van der Waals surface area contributed by atoms with E-state index in [0.717, 1.165) is 29.2 Å². The Kier molecular flexibility index (Phi) is 5.32. The Morgan fingerprint density at radius 3 is 2.78 bits per heavy atom. The number of piperidine rings is 1. The summed E-state index contributed by atoms with van der Waals surface area (Å²) in [6.45, 7) is 2.49. The average Bonchev–Trinajstić information content (AvgIpc) is 3.48. The molecule has 27 heavy (non-hydrogen) atoms. The van der Waals surface area contributed by atoms with Gasteiger partial charge in [-0.3, -0.25) is 4.98 Å². The molecular weight excluding hydrogens is 338 g/mol. The molecule has 5 heteroatoms. The van der Waals surface area contributed by atoms with E-state index in [9.17, 15) is 0 Å². The van der Waals surface area contributed by atoms with Crippen molar-refractivity contribution in [1.29, 1.82) is 0 Å². The molecule has 1 spiro atoms. The number of pyridine rings is 1. The van der Waals surface area contributed by atoms with Crippen LogP contribution in [0.3, 0.4) is 0 Å². The normalized spacial score (nSPS) is 21.2. The molecule has 4 rings (SSSR count). The molecule has 1 aromatic heterocycles. The van der Waals surface area contributed by atoms with Gasteiger partial charge in [0.2, 0.25) is 0 Å². The molecule has 144 valence electrons. The summed E-state index contributed by atoms with van der Waals surface area (Å²) in [5.41, 5.74) is 2.72. The van der Waals surface area contributed by atoms with E-state index in [4.69, 9.17) is 9.47 Å². The SMILES string of the molecule is COc1cccc(CNC2CCN(C)C3(CC3)C2)c1OCc1ccncc1. The molecule has 2 aromatic rings. The minimum absolute atomic E-state index is 0.477. The fourth-order valence-corrected chi connectivity index (χ4v) is 4.12. The van der Waals surface area contributed by atoms with Gasteiger partial charge in [-0.2, -0.15) is 0 Å². The zero-order valence-electron chi connectivity index (χ0n) is 16.3. The molecule has 0 amide bonds. The highest BCUT2D eigenvalue weighted by Crippen LogP contribution is 2.47. The first-order chi connectivity index (χ1) is 13.2. The van der Waals surface area contributed by atoms with Gasteiger partial charge >= 0.3 is 0 Å². The Morgan fingerprint density at radius 2 is 2.04 bits per heavy atom. The van der Waals surface area contributed by atoms with E-state index in [2.05, 4.69) is 28.3 Å². The molecule has 1 saturated carbocycles. The zero-order valence-corrected chi connectivity index (χ0v) is 16.3. The predicted molar refractivity (Wildman–Crippen MR) is 106 cm³/mol. The summed E-state index contributed by atoms with van der Waals surface area (Å²) >= 11 is 0. The number of methoxy groups -OCH3 is 1. The minimum atomic E-state index is 0.477. The van der Waals surface area contributed by atoms with Crippen LogP contribution in [0.25, 0.3) is 0 Å². The number of para-hydroxylation sites is 1. The van der Waals surface area contributed by atoms with Crippen molar-refractivity contribution in [3.8, 4) is 11.5 Å². The summed E-state index contributed by atoms with van der Waals surface area (Å²) in [6, 6.07) is 10.6. The third kappa shape index (κ3) is 4.09. The van der Waals surface area contributed by atoms with Crippen molar-refractivity contribution in [3.05, 3.63) is 53.9 Å². The fourth-order valence-electron chi connectivity index (χ4n) is 4.12. The predicted octanol–water partition coefficient (Wildman–Crippen LogP) is 3.39. The van der Waals surface area contributed by atoms with Gasteiger partial charge in [0.15, 0.2) is 11.5 Å². The molecule has 1 unspecified atom stereocenters. The van der Waals surface area contributed by atoms with Crippen molar-refractivity contribution in [2.75, 3.05) is 20.7 Å². The summed E-state index contributed by atoms with van der Waals surface area (Å²) in [5.74, 6) is 1.61. The molecule has 2 fully saturated rings. The van der Waals surface area contributed by atoms with Gasteiger partial charge in [-0.1, -0.05) is 12.1 Å². The molecule has 1 aliphatic heterocycles. The highest BCUT2D eigenvalue weighted by atomic mass is 16.5. The van der Waals surface area contributed by atoms with Crippen LogP contribution in [0, 0.1) is 0 Å². The molecule has 1 aromatic carbocycles. The van der Waals surface area contributed by atoms with Gasteiger partial charge in [0, 0.05) is 36.1 Å². The maximum Gasteiger partial charge on any atom is 0.166 e. The molecule has 1 N–H and O–H groups in total. The van der Waals surface area contributed by atoms with Crippen LogP contribution in [0.15, 0.2) is 42.7 Å². The Balaban J connectivity index is 1.42. The van der Waals surface area contributed by atoms with Gasteiger partial charge in [-0.05, 0) is 63.0 Å². The number of hydrogen-bond donors (Lipinski definition) is 1. The number of benzene rings is 1. The van der Waals surface area contributed by atoms with E-state index < -0.39 is 0 Å². The van der Waals surface area contributed by atoms with Crippen molar-refractivity contribution >= 4 is 0 Å². The number of likely N-dealkylation sites (tertiary alicyclic amines) is 1. The fraction of sp³-hybridized carbons (Fsp3) is 0.500. The number of ether oxygens (including phenoxy) is 2. The standard InChI is InChI=1S/C22H29N3O2/c1-25-13-8-19(14-22(25)9-10-22)24-15-18-4-3-5-20(26-2)21(18)27-16-17-6-11-23-12-7-17/h3-7,11-12,19,24H,8-10,13-16H2,1-2H3. The lowest BCUT2D eigenvalue weighted by Gasteiger charge is -2.38. The van der Waals surface area contributed by atoms with Crippen LogP contribution in [0.2, 0.25) is 0 Å². The first kappa shape index (κ1) is 18.3. The number of hydrogen-bond acceptors (Lipinski definition) is 5. The molecule has 2 heterocycles. The lowest BCUT2D eigenvalue weighted by Crippen LogP contribution is -2.48. The zero-order chi connectivity index (χ0) is 18.7. The Hall–Kier alpha value is -2.11. The molecule has 1 saturated heterocycles. The Labute approximate surface area is 161 Å². The first-order valence-electron chi connectivity index (χ1n) is 9.82. The third-order valence-electron chi connectivity index (χ3n) is 6.07. The summed E-state index contributed by atoms with van der Waals surface area (Å²) in [7, 11) is 3.97. The number of rotatable bonds is 7. The number of nitrogens with one attached hydrogen (secondary N) is 1. The topological polar surface area (TPSA) is 46.6 Å². The van der Waals surface area contributed by atoms with E-state index >= 15 is 0 Å². The lowest BCUT2D eigenvalue weighted by atomic mass is 9.95. The average molecular weight is 367 g/mol. The van der Waals surface area contributed by atoms with Crippen molar-refractivity contribution in [3.63, 3.8) is 0 Å². The number of nitrogens with zero attached hydrogens (tertiary/aromatic N) is 2. The van der Waals surface area contributed by atoms with Crippen LogP contribution < -0.4 is 14.8 Å². The van der Waals surface area contributed by atoms with Crippen molar-refractivity contribution < 1.29 is 9.47 Å². The Bertz CT molecular complexity index is 761. The summed E-state index contributed by atoms with van der Waals surface area (Å²) in [5, 5.41) is 3.77. The van der Waals surface area contributed by atoms with Crippen LogP contribution in [0.1, 0.15) is 36.8 Å². The third-order valence-corrected chi connectivity index (χ3v) is 6.07. The van der Waals surface area contributed by atoms with Gasteiger partial charge in [-0.25, -0.2) is 0 Å². The monoisotopic (exact) mass is 367 g/mol. The molecule has 0 radical (unpaired) electrons. The van der Waals surface area contributed by atoms with Crippen LogP contribution in [0.5, 0.6) is 11.5 Å². The van der Waals surface area contributed by atoms with Gasteiger partial charge in [0.25, 0.3) is 0 Å². The molecule has 1 atom stereocenters. The molecule has 1 aliphatic carbocycles. The van der Waals surface area contributed by atoms with Crippen molar-refractivity contribution in [2.45, 2.75) is 50.4 Å². The van der Waals surface area contributed by atoms with E-state index in [1.165, 1.54) is 32.2 Å². The maximum absolute atomic E-state index is 6.15. The molecule has 2 aliphatic rings. The lowest BCUT2D eigenvalue weighted by molar-refractivity contribution is 0.136. The van der Waals surface area contributed by atoms with Crippen LogP contribution in [-0.4, -0.2) is 42.2 Å². The second-order valence-electron chi connectivity index (χ2n) is 7.81. The largest absolute Gasteiger partial charge is 0.493 e. The second kappa shape index (κ2) is 7.87. The molecular formula is C22H29N3O2.